The third kappa shape index (κ3) is 2.87. The van der Waals surface area contributed by atoms with Gasteiger partial charge in [-0.15, -0.1) is 0 Å². The number of nitrogens with one attached hydrogen (secondary N) is 1. The Hall–Kier alpha value is -1.35. The van der Waals surface area contributed by atoms with Crippen LogP contribution >= 0.6 is 0 Å². The first-order valence-corrected chi connectivity index (χ1v) is 4.36. The zero-order valence-electron chi connectivity index (χ0n) is 7.66. The van der Waals surface area contributed by atoms with Crippen LogP contribution < -0.4 is 11.1 Å². The van der Waals surface area contributed by atoms with Crippen molar-refractivity contribution < 1.29 is 0 Å². The number of rotatable bonds is 4. The van der Waals surface area contributed by atoms with E-state index >= 15 is 0 Å². The molecule has 3 nitrogen and oxygen atoms in total. The first-order chi connectivity index (χ1) is 6.38. The molecule has 0 aliphatic heterocycles. The van der Waals surface area contributed by atoms with Crippen molar-refractivity contribution in [3.05, 3.63) is 35.7 Å². The molecular formula is C10H15N3. The summed E-state index contributed by atoms with van der Waals surface area (Å²) in [6.45, 7) is 4.90. The summed E-state index contributed by atoms with van der Waals surface area (Å²) in [5.41, 5.74) is 7.30. The molecule has 0 atom stereocenters. The Kier molecular flexibility index (Phi) is 3.99. The van der Waals surface area contributed by atoms with Crippen LogP contribution in [0, 0.1) is 0 Å². The Balaban J connectivity index is 2.68. The highest BCUT2D eigenvalue weighted by atomic mass is 14.9. The summed E-state index contributed by atoms with van der Waals surface area (Å²) in [4.78, 5) is 3.93. The Morgan fingerprint density at radius 2 is 2.46 bits per heavy atom. The monoisotopic (exact) mass is 177 g/mol. The summed E-state index contributed by atoms with van der Waals surface area (Å²) in [5.74, 6) is 0. The third-order valence-corrected chi connectivity index (χ3v) is 1.75. The zero-order chi connectivity index (χ0) is 9.52. The maximum atomic E-state index is 5.40. The third-order valence-electron chi connectivity index (χ3n) is 1.75. The Morgan fingerprint density at radius 3 is 3.15 bits per heavy atom. The molecule has 0 amide bonds. The second kappa shape index (κ2) is 5.32. The molecule has 0 unspecified atom stereocenters. The Bertz CT molecular complexity index is 261. The van der Waals surface area contributed by atoms with Gasteiger partial charge in [-0.25, -0.2) is 0 Å². The average molecular weight is 177 g/mol. The summed E-state index contributed by atoms with van der Waals surface area (Å²) in [7, 11) is 0. The van der Waals surface area contributed by atoms with Gasteiger partial charge in [-0.1, -0.05) is 18.2 Å². The summed E-state index contributed by atoms with van der Waals surface area (Å²) < 4.78 is 0. The number of hydrogen-bond acceptors (Lipinski definition) is 3. The van der Waals surface area contributed by atoms with Crippen LogP contribution in [-0.2, 0) is 0 Å². The zero-order valence-corrected chi connectivity index (χ0v) is 7.66. The van der Waals surface area contributed by atoms with E-state index in [1.807, 2.05) is 12.2 Å². The summed E-state index contributed by atoms with van der Waals surface area (Å²) >= 11 is 0. The molecule has 0 radical (unpaired) electrons. The molecule has 0 saturated heterocycles. The van der Waals surface area contributed by atoms with E-state index in [-0.39, 0.29) is 0 Å². The van der Waals surface area contributed by atoms with E-state index < -0.39 is 0 Å². The van der Waals surface area contributed by atoms with Gasteiger partial charge in [0.05, 0.1) is 11.4 Å². The molecular weight excluding hydrogens is 162 g/mol. The van der Waals surface area contributed by atoms with Crippen LogP contribution in [0.5, 0.6) is 0 Å². The second-order valence-corrected chi connectivity index (χ2v) is 2.71. The standard InChI is InChI=1S/C10H15N3/c1-12-9-5-3-2-4-6-10(9)13-8-7-11/h2-3,5-6,13H,1,4,7-8,11H2. The van der Waals surface area contributed by atoms with E-state index in [1.54, 1.807) is 0 Å². The van der Waals surface area contributed by atoms with Crippen LogP contribution in [0.2, 0.25) is 0 Å². The predicted octanol–water partition coefficient (Wildman–Crippen LogP) is 0.963. The fourth-order valence-corrected chi connectivity index (χ4v) is 1.13. The molecule has 70 valence electrons. The van der Waals surface area contributed by atoms with Gasteiger partial charge >= 0.3 is 0 Å². The molecule has 13 heavy (non-hydrogen) atoms. The fourth-order valence-electron chi connectivity index (χ4n) is 1.13. The number of nitrogens with zero attached hydrogens (tertiary/aromatic N) is 1. The van der Waals surface area contributed by atoms with Gasteiger partial charge in [0.2, 0.25) is 0 Å². The van der Waals surface area contributed by atoms with Gasteiger partial charge < -0.3 is 11.1 Å². The van der Waals surface area contributed by atoms with Crippen LogP contribution in [0.1, 0.15) is 6.42 Å². The number of aliphatic imine (C=N–C) groups is 1. The molecule has 1 rings (SSSR count). The van der Waals surface area contributed by atoms with Gasteiger partial charge in [-0.3, -0.25) is 4.99 Å². The lowest BCUT2D eigenvalue weighted by atomic mass is 10.3. The normalized spacial score (nSPS) is 15.8. The highest BCUT2D eigenvalue weighted by Crippen LogP contribution is 2.12. The van der Waals surface area contributed by atoms with E-state index in [0.29, 0.717) is 6.54 Å². The number of hydrogen-bond donors (Lipinski definition) is 2. The summed E-state index contributed by atoms with van der Waals surface area (Å²) in [6.07, 6.45) is 9.00. The molecule has 0 aromatic carbocycles. The highest BCUT2D eigenvalue weighted by molar-refractivity contribution is 5.41. The van der Waals surface area contributed by atoms with E-state index in [9.17, 15) is 0 Å². The quantitative estimate of drug-likeness (QED) is 0.628. The van der Waals surface area contributed by atoms with Gasteiger partial charge in [0.1, 0.15) is 0 Å². The Morgan fingerprint density at radius 1 is 1.62 bits per heavy atom. The van der Waals surface area contributed by atoms with Gasteiger partial charge in [0.15, 0.2) is 0 Å². The maximum absolute atomic E-state index is 5.40. The maximum Gasteiger partial charge on any atom is 0.0850 e. The number of allylic oxidation sites excluding steroid dienone is 4. The molecule has 1 aliphatic rings. The first kappa shape index (κ1) is 9.74. The van der Waals surface area contributed by atoms with Gasteiger partial charge in [-0.2, -0.15) is 0 Å². The molecule has 3 heteroatoms. The van der Waals surface area contributed by atoms with Gasteiger partial charge in [-0.05, 0) is 19.2 Å². The molecule has 1 aliphatic carbocycles. The highest BCUT2D eigenvalue weighted by Gasteiger charge is 2.01. The molecule has 0 aromatic heterocycles. The van der Waals surface area contributed by atoms with Crippen molar-refractivity contribution >= 4 is 6.72 Å². The van der Waals surface area contributed by atoms with Crippen molar-refractivity contribution in [1.82, 2.24) is 5.32 Å². The van der Waals surface area contributed by atoms with Crippen molar-refractivity contribution in [3.63, 3.8) is 0 Å². The number of nitrogens with two attached hydrogens (primary N) is 1. The van der Waals surface area contributed by atoms with Crippen LogP contribution in [0.4, 0.5) is 0 Å². The smallest absolute Gasteiger partial charge is 0.0850 e. The average Bonchev–Trinajstić information content (AvgIpc) is 2.39. The topological polar surface area (TPSA) is 50.4 Å². The van der Waals surface area contributed by atoms with Crippen molar-refractivity contribution in [1.29, 1.82) is 0 Å². The van der Waals surface area contributed by atoms with Crippen molar-refractivity contribution in [2.75, 3.05) is 13.1 Å². The van der Waals surface area contributed by atoms with Crippen LogP contribution in [0.15, 0.2) is 40.7 Å². The predicted molar refractivity (Wildman–Crippen MR) is 56.5 cm³/mol. The molecule has 0 aromatic rings. The lowest BCUT2D eigenvalue weighted by Gasteiger charge is -2.08. The fraction of sp³-hybridized carbons (Fsp3) is 0.300. The van der Waals surface area contributed by atoms with Crippen LogP contribution in [0.25, 0.3) is 0 Å². The minimum Gasteiger partial charge on any atom is -0.382 e. The lowest BCUT2D eigenvalue weighted by molar-refractivity contribution is 0.799. The van der Waals surface area contributed by atoms with E-state index in [1.165, 1.54) is 0 Å². The molecule has 0 fully saturated rings. The largest absolute Gasteiger partial charge is 0.382 e. The van der Waals surface area contributed by atoms with Crippen LogP contribution in [-0.4, -0.2) is 19.8 Å². The molecule has 0 bridgehead atoms. The van der Waals surface area contributed by atoms with E-state index in [2.05, 4.69) is 29.2 Å². The molecule has 0 heterocycles. The van der Waals surface area contributed by atoms with Gasteiger partial charge in [0.25, 0.3) is 0 Å². The van der Waals surface area contributed by atoms with Crippen molar-refractivity contribution in [2.24, 2.45) is 10.7 Å². The first-order valence-electron chi connectivity index (χ1n) is 4.36. The second-order valence-electron chi connectivity index (χ2n) is 2.71. The van der Waals surface area contributed by atoms with E-state index in [0.717, 1.165) is 24.4 Å². The van der Waals surface area contributed by atoms with Crippen molar-refractivity contribution in [2.45, 2.75) is 6.42 Å². The molecule has 0 spiro atoms. The summed E-state index contributed by atoms with van der Waals surface area (Å²) in [5, 5.41) is 3.21. The van der Waals surface area contributed by atoms with E-state index in [4.69, 9.17) is 5.73 Å². The lowest BCUT2D eigenvalue weighted by Crippen LogP contribution is -2.22. The SMILES string of the molecule is C=NC1=CC=CCC=C1NCCN. The molecule has 3 N–H and O–H groups in total. The van der Waals surface area contributed by atoms with Gasteiger partial charge in [0, 0.05) is 13.1 Å². The summed E-state index contributed by atoms with van der Waals surface area (Å²) in [6, 6.07) is 0. The van der Waals surface area contributed by atoms with Crippen molar-refractivity contribution in [3.8, 4) is 0 Å². The Labute approximate surface area is 78.7 Å². The minimum atomic E-state index is 0.620. The molecule has 0 saturated carbocycles. The minimum absolute atomic E-state index is 0.620. The van der Waals surface area contributed by atoms with Crippen LogP contribution in [0.3, 0.4) is 0 Å².